The van der Waals surface area contributed by atoms with Gasteiger partial charge in [-0.3, -0.25) is 4.98 Å². The number of rotatable bonds is 5. The molecule has 2 heteroatoms. The molecule has 112 valence electrons. The minimum Gasteiger partial charge on any atom is -0.319 e. The van der Waals surface area contributed by atoms with Gasteiger partial charge in [0, 0.05) is 23.7 Å². The van der Waals surface area contributed by atoms with Gasteiger partial charge in [0.25, 0.3) is 0 Å². The monoisotopic (exact) mass is 290 g/mol. The summed E-state index contributed by atoms with van der Waals surface area (Å²) in [7, 11) is 0. The number of pyridine rings is 1. The van der Waals surface area contributed by atoms with Crippen LogP contribution >= 0.6 is 0 Å². The molecule has 0 fully saturated rings. The maximum atomic E-state index is 4.25. The summed E-state index contributed by atoms with van der Waals surface area (Å²) >= 11 is 0. The molecule has 0 N–H and O–H groups in total. The first-order valence-corrected chi connectivity index (χ1v) is 8.02. The van der Waals surface area contributed by atoms with Crippen molar-refractivity contribution in [2.45, 2.75) is 33.1 Å². The number of nitrogens with zero attached hydrogens (tertiary/aromatic N) is 2. The molecule has 0 aliphatic carbocycles. The molecule has 3 aromatic rings. The first-order chi connectivity index (χ1) is 10.8. The van der Waals surface area contributed by atoms with Crippen molar-refractivity contribution in [2.24, 2.45) is 0 Å². The van der Waals surface area contributed by atoms with Gasteiger partial charge in [-0.25, -0.2) is 0 Å². The van der Waals surface area contributed by atoms with Gasteiger partial charge in [0.05, 0.1) is 11.9 Å². The smallest absolute Gasteiger partial charge is 0.0636 e. The molecular weight excluding hydrogens is 268 g/mol. The molecule has 3 rings (SSSR count). The summed E-state index contributed by atoms with van der Waals surface area (Å²) in [6.07, 6.45) is 9.25. The number of hydrogen-bond acceptors (Lipinski definition) is 1. The van der Waals surface area contributed by atoms with Crippen molar-refractivity contribution in [1.82, 2.24) is 9.55 Å². The Bertz CT molecular complexity index is 724. The summed E-state index contributed by atoms with van der Waals surface area (Å²) in [4.78, 5) is 4.25. The molecule has 22 heavy (non-hydrogen) atoms. The van der Waals surface area contributed by atoms with Crippen LogP contribution in [-0.2, 0) is 12.8 Å². The molecule has 0 bridgehead atoms. The standard InChI is InChI=1S/C20H22N2/c1-3-6-19-13-18(17-10-8-16(4-2)9-11-17)15-22(19)20-7-5-12-21-14-20/h5,7-15H,3-4,6H2,1-2H3. The second kappa shape index (κ2) is 6.61. The van der Waals surface area contributed by atoms with Gasteiger partial charge in [0.1, 0.15) is 0 Å². The Morgan fingerprint density at radius 3 is 2.45 bits per heavy atom. The molecule has 0 aliphatic rings. The van der Waals surface area contributed by atoms with Crippen molar-refractivity contribution in [3.05, 3.63) is 72.3 Å². The highest BCUT2D eigenvalue weighted by molar-refractivity contribution is 5.65. The van der Waals surface area contributed by atoms with Crippen LogP contribution in [0.4, 0.5) is 0 Å². The van der Waals surface area contributed by atoms with Crippen LogP contribution in [0.5, 0.6) is 0 Å². The average Bonchev–Trinajstić information content (AvgIpc) is 3.00. The van der Waals surface area contributed by atoms with Crippen LogP contribution in [0.25, 0.3) is 16.8 Å². The molecule has 0 amide bonds. The van der Waals surface area contributed by atoms with E-state index in [-0.39, 0.29) is 0 Å². The lowest BCUT2D eigenvalue weighted by Gasteiger charge is -2.07. The van der Waals surface area contributed by atoms with E-state index < -0.39 is 0 Å². The summed E-state index contributed by atoms with van der Waals surface area (Å²) in [5.41, 5.74) is 6.39. The van der Waals surface area contributed by atoms with Gasteiger partial charge < -0.3 is 4.57 Å². The van der Waals surface area contributed by atoms with Gasteiger partial charge in [0.2, 0.25) is 0 Å². The quantitative estimate of drug-likeness (QED) is 0.642. The summed E-state index contributed by atoms with van der Waals surface area (Å²) in [5.74, 6) is 0. The van der Waals surface area contributed by atoms with E-state index in [0.29, 0.717) is 0 Å². The van der Waals surface area contributed by atoms with E-state index in [1.807, 2.05) is 18.5 Å². The van der Waals surface area contributed by atoms with Crippen LogP contribution in [0, 0.1) is 0 Å². The molecule has 2 nitrogen and oxygen atoms in total. The van der Waals surface area contributed by atoms with Gasteiger partial charge in [-0.05, 0) is 42.2 Å². The minimum atomic E-state index is 1.07. The van der Waals surface area contributed by atoms with Gasteiger partial charge in [0.15, 0.2) is 0 Å². The van der Waals surface area contributed by atoms with Crippen molar-refractivity contribution in [3.8, 4) is 16.8 Å². The second-order valence-electron chi connectivity index (χ2n) is 5.60. The Kier molecular flexibility index (Phi) is 4.38. The van der Waals surface area contributed by atoms with Gasteiger partial charge in [-0.2, -0.15) is 0 Å². The lowest BCUT2D eigenvalue weighted by atomic mass is 10.1. The largest absolute Gasteiger partial charge is 0.319 e. The third-order valence-corrected chi connectivity index (χ3v) is 4.03. The van der Waals surface area contributed by atoms with E-state index in [0.717, 1.165) is 24.9 Å². The lowest BCUT2D eigenvalue weighted by molar-refractivity contribution is 0.841. The summed E-state index contributed by atoms with van der Waals surface area (Å²) in [5, 5.41) is 0. The van der Waals surface area contributed by atoms with Crippen molar-refractivity contribution < 1.29 is 0 Å². The first-order valence-electron chi connectivity index (χ1n) is 8.02. The fourth-order valence-electron chi connectivity index (χ4n) is 2.78. The molecule has 2 heterocycles. The van der Waals surface area contributed by atoms with Crippen LogP contribution in [0.3, 0.4) is 0 Å². The zero-order chi connectivity index (χ0) is 15.4. The van der Waals surface area contributed by atoms with Gasteiger partial charge in [-0.15, -0.1) is 0 Å². The highest BCUT2D eigenvalue weighted by Gasteiger charge is 2.09. The Hall–Kier alpha value is -2.35. The summed E-state index contributed by atoms with van der Waals surface area (Å²) < 4.78 is 2.26. The summed E-state index contributed by atoms with van der Waals surface area (Å²) in [6.45, 7) is 4.41. The summed E-state index contributed by atoms with van der Waals surface area (Å²) in [6, 6.07) is 15.3. The van der Waals surface area contributed by atoms with Crippen molar-refractivity contribution in [1.29, 1.82) is 0 Å². The number of hydrogen-bond donors (Lipinski definition) is 0. The predicted molar refractivity (Wildman–Crippen MR) is 92.4 cm³/mol. The van der Waals surface area contributed by atoms with Crippen molar-refractivity contribution >= 4 is 0 Å². The van der Waals surface area contributed by atoms with Gasteiger partial charge in [-0.1, -0.05) is 44.5 Å². The SMILES string of the molecule is CCCc1cc(-c2ccc(CC)cc2)cn1-c1cccnc1. The maximum Gasteiger partial charge on any atom is 0.0636 e. The van der Waals surface area contributed by atoms with Gasteiger partial charge >= 0.3 is 0 Å². The Morgan fingerprint density at radius 2 is 1.82 bits per heavy atom. The molecule has 0 saturated carbocycles. The maximum absolute atomic E-state index is 4.25. The highest BCUT2D eigenvalue weighted by atomic mass is 15.0. The van der Waals surface area contributed by atoms with Crippen LogP contribution in [0.2, 0.25) is 0 Å². The molecule has 0 saturated heterocycles. The highest BCUT2D eigenvalue weighted by Crippen LogP contribution is 2.26. The minimum absolute atomic E-state index is 1.07. The van der Waals surface area contributed by atoms with E-state index in [1.165, 1.54) is 22.4 Å². The van der Waals surface area contributed by atoms with Crippen LogP contribution in [0.15, 0.2) is 61.1 Å². The zero-order valence-corrected chi connectivity index (χ0v) is 13.3. The normalized spacial score (nSPS) is 10.8. The molecule has 0 unspecified atom stereocenters. The van der Waals surface area contributed by atoms with E-state index in [1.54, 1.807) is 0 Å². The van der Waals surface area contributed by atoms with Crippen LogP contribution in [-0.4, -0.2) is 9.55 Å². The van der Waals surface area contributed by atoms with E-state index in [9.17, 15) is 0 Å². The number of benzene rings is 1. The fourth-order valence-corrected chi connectivity index (χ4v) is 2.78. The molecule has 2 aromatic heterocycles. The molecule has 0 aliphatic heterocycles. The lowest BCUT2D eigenvalue weighted by Crippen LogP contribution is -1.98. The third-order valence-electron chi connectivity index (χ3n) is 4.03. The van der Waals surface area contributed by atoms with Crippen LogP contribution < -0.4 is 0 Å². The molecule has 0 radical (unpaired) electrons. The zero-order valence-electron chi connectivity index (χ0n) is 13.3. The molecule has 0 atom stereocenters. The van der Waals surface area contributed by atoms with E-state index in [4.69, 9.17) is 0 Å². The third kappa shape index (κ3) is 2.96. The van der Waals surface area contributed by atoms with E-state index >= 15 is 0 Å². The van der Waals surface area contributed by atoms with E-state index in [2.05, 4.69) is 66.0 Å². The molecule has 1 aromatic carbocycles. The Balaban J connectivity index is 2.02. The fraction of sp³-hybridized carbons (Fsp3) is 0.250. The Labute approximate surface area is 132 Å². The number of aromatic nitrogens is 2. The topological polar surface area (TPSA) is 17.8 Å². The average molecular weight is 290 g/mol. The first kappa shape index (κ1) is 14.6. The second-order valence-corrected chi connectivity index (χ2v) is 5.60. The van der Waals surface area contributed by atoms with Crippen molar-refractivity contribution in [3.63, 3.8) is 0 Å². The Morgan fingerprint density at radius 1 is 1.00 bits per heavy atom. The van der Waals surface area contributed by atoms with Crippen LogP contribution in [0.1, 0.15) is 31.5 Å². The molecular formula is C20H22N2. The predicted octanol–water partition coefficient (Wildman–Crippen LogP) is 5.05. The number of aryl methyl sites for hydroxylation is 2. The molecule has 0 spiro atoms. The van der Waals surface area contributed by atoms with Crippen molar-refractivity contribution in [2.75, 3.05) is 0 Å².